The third-order valence-corrected chi connectivity index (χ3v) is 3.14. The average molecular weight is 213 g/mol. The molecule has 0 saturated carbocycles. The summed E-state index contributed by atoms with van der Waals surface area (Å²) in [5.41, 5.74) is 6.69. The van der Waals surface area contributed by atoms with Crippen LogP contribution in [0.1, 0.15) is 26.0 Å². The van der Waals surface area contributed by atoms with Crippen molar-refractivity contribution in [2.24, 2.45) is 5.73 Å². The van der Waals surface area contributed by atoms with Crippen LogP contribution in [0, 0.1) is 0 Å². The minimum absolute atomic E-state index is 0.752. The monoisotopic (exact) mass is 213 g/mol. The van der Waals surface area contributed by atoms with E-state index in [0.717, 1.165) is 37.6 Å². The van der Waals surface area contributed by atoms with Gasteiger partial charge in [-0.2, -0.15) is 0 Å². The van der Waals surface area contributed by atoms with Crippen molar-refractivity contribution < 1.29 is 0 Å². The van der Waals surface area contributed by atoms with Gasteiger partial charge in [0.15, 0.2) is 5.13 Å². The maximum atomic E-state index is 5.50. The summed E-state index contributed by atoms with van der Waals surface area (Å²) in [6.07, 6.45) is 2.06. The van der Waals surface area contributed by atoms with Gasteiger partial charge in [0, 0.05) is 18.5 Å². The van der Waals surface area contributed by atoms with E-state index in [4.69, 9.17) is 5.73 Å². The molecule has 0 aliphatic rings. The Morgan fingerprint density at radius 2 is 2.29 bits per heavy atom. The fourth-order valence-electron chi connectivity index (χ4n) is 1.28. The number of anilines is 1. The van der Waals surface area contributed by atoms with Crippen molar-refractivity contribution in [2.75, 3.05) is 24.5 Å². The lowest BCUT2D eigenvalue weighted by Gasteiger charge is -2.18. The highest BCUT2D eigenvalue weighted by atomic mass is 32.1. The Balaban J connectivity index is 2.58. The Kier molecular flexibility index (Phi) is 4.90. The second kappa shape index (κ2) is 5.98. The van der Waals surface area contributed by atoms with Gasteiger partial charge in [-0.25, -0.2) is 4.98 Å². The molecule has 2 N–H and O–H groups in total. The molecule has 0 fully saturated rings. The summed E-state index contributed by atoms with van der Waals surface area (Å²) in [4.78, 5) is 6.84. The number of rotatable bonds is 6. The van der Waals surface area contributed by atoms with E-state index in [2.05, 4.69) is 29.1 Å². The predicted octanol–water partition coefficient (Wildman–Crippen LogP) is 1.88. The smallest absolute Gasteiger partial charge is 0.185 e. The summed E-state index contributed by atoms with van der Waals surface area (Å²) in [5, 5.41) is 3.28. The summed E-state index contributed by atoms with van der Waals surface area (Å²) in [6.45, 7) is 7.07. The number of thiazole rings is 1. The Morgan fingerprint density at radius 1 is 1.50 bits per heavy atom. The molecule has 0 atom stereocenters. The van der Waals surface area contributed by atoms with Crippen LogP contribution in [0.3, 0.4) is 0 Å². The van der Waals surface area contributed by atoms with E-state index in [-0.39, 0.29) is 0 Å². The standard InChI is InChI=1S/C10H19N3S/c1-3-9-8-14-10(12-9)13(4-2)7-5-6-11/h8H,3-7,11H2,1-2H3. The minimum Gasteiger partial charge on any atom is -0.348 e. The van der Waals surface area contributed by atoms with E-state index in [1.54, 1.807) is 11.3 Å². The van der Waals surface area contributed by atoms with Gasteiger partial charge in [-0.05, 0) is 26.3 Å². The maximum absolute atomic E-state index is 5.50. The van der Waals surface area contributed by atoms with Gasteiger partial charge in [0.25, 0.3) is 0 Å². The molecule has 0 aliphatic carbocycles. The first-order valence-electron chi connectivity index (χ1n) is 5.21. The lowest BCUT2D eigenvalue weighted by atomic mass is 10.4. The summed E-state index contributed by atoms with van der Waals surface area (Å²) in [6, 6.07) is 0. The number of nitrogens with two attached hydrogens (primary N) is 1. The summed E-state index contributed by atoms with van der Waals surface area (Å²) in [7, 11) is 0. The highest BCUT2D eigenvalue weighted by Crippen LogP contribution is 2.20. The fraction of sp³-hybridized carbons (Fsp3) is 0.700. The van der Waals surface area contributed by atoms with Gasteiger partial charge < -0.3 is 10.6 Å². The first-order valence-corrected chi connectivity index (χ1v) is 6.09. The van der Waals surface area contributed by atoms with Crippen molar-refractivity contribution in [3.8, 4) is 0 Å². The van der Waals surface area contributed by atoms with Gasteiger partial charge in [0.2, 0.25) is 0 Å². The molecule has 0 saturated heterocycles. The zero-order chi connectivity index (χ0) is 10.4. The summed E-state index contributed by atoms with van der Waals surface area (Å²) in [5.74, 6) is 0. The molecular weight excluding hydrogens is 194 g/mol. The van der Waals surface area contributed by atoms with E-state index in [1.807, 2.05) is 0 Å². The van der Waals surface area contributed by atoms with Crippen molar-refractivity contribution in [3.63, 3.8) is 0 Å². The van der Waals surface area contributed by atoms with Crippen LogP contribution in [0.25, 0.3) is 0 Å². The molecule has 1 aromatic rings. The van der Waals surface area contributed by atoms with Crippen molar-refractivity contribution in [1.29, 1.82) is 0 Å². The normalized spacial score (nSPS) is 10.5. The zero-order valence-corrected chi connectivity index (χ0v) is 9.81. The largest absolute Gasteiger partial charge is 0.348 e. The first-order chi connectivity index (χ1) is 6.81. The van der Waals surface area contributed by atoms with Gasteiger partial charge in [0.05, 0.1) is 5.69 Å². The molecule has 0 bridgehead atoms. The Bertz CT molecular complexity index is 260. The Hall–Kier alpha value is -0.610. The maximum Gasteiger partial charge on any atom is 0.185 e. The first kappa shape index (κ1) is 11.5. The molecule has 14 heavy (non-hydrogen) atoms. The van der Waals surface area contributed by atoms with E-state index in [9.17, 15) is 0 Å². The average Bonchev–Trinajstić information content (AvgIpc) is 2.68. The van der Waals surface area contributed by atoms with Crippen LogP contribution in [-0.4, -0.2) is 24.6 Å². The Morgan fingerprint density at radius 3 is 2.79 bits per heavy atom. The lowest BCUT2D eigenvalue weighted by molar-refractivity contribution is 0.750. The predicted molar refractivity (Wildman–Crippen MR) is 63.1 cm³/mol. The molecule has 0 radical (unpaired) electrons. The van der Waals surface area contributed by atoms with Crippen molar-refractivity contribution in [2.45, 2.75) is 26.7 Å². The van der Waals surface area contributed by atoms with Gasteiger partial charge in [-0.15, -0.1) is 11.3 Å². The number of nitrogens with zero attached hydrogens (tertiary/aromatic N) is 2. The van der Waals surface area contributed by atoms with E-state index in [1.165, 1.54) is 5.69 Å². The molecule has 0 unspecified atom stereocenters. The zero-order valence-electron chi connectivity index (χ0n) is 8.99. The van der Waals surface area contributed by atoms with Crippen LogP contribution in [0.4, 0.5) is 5.13 Å². The second-order valence-electron chi connectivity index (χ2n) is 3.20. The molecule has 0 amide bonds. The Labute approximate surface area is 89.9 Å². The highest BCUT2D eigenvalue weighted by molar-refractivity contribution is 7.13. The van der Waals surface area contributed by atoms with E-state index < -0.39 is 0 Å². The van der Waals surface area contributed by atoms with Crippen LogP contribution in [0.15, 0.2) is 5.38 Å². The van der Waals surface area contributed by atoms with Crippen molar-refractivity contribution in [3.05, 3.63) is 11.1 Å². The molecule has 0 aliphatic heterocycles. The SMILES string of the molecule is CCc1csc(N(CC)CCCN)n1. The summed E-state index contributed by atoms with van der Waals surface area (Å²) >= 11 is 1.73. The topological polar surface area (TPSA) is 42.1 Å². The van der Waals surface area contributed by atoms with Crippen LogP contribution >= 0.6 is 11.3 Å². The second-order valence-corrected chi connectivity index (χ2v) is 4.03. The van der Waals surface area contributed by atoms with Gasteiger partial charge >= 0.3 is 0 Å². The molecule has 4 heteroatoms. The van der Waals surface area contributed by atoms with E-state index in [0.29, 0.717) is 0 Å². The molecule has 3 nitrogen and oxygen atoms in total. The van der Waals surface area contributed by atoms with Gasteiger partial charge in [-0.1, -0.05) is 6.92 Å². The molecular formula is C10H19N3S. The number of hydrogen-bond acceptors (Lipinski definition) is 4. The van der Waals surface area contributed by atoms with Crippen molar-refractivity contribution >= 4 is 16.5 Å². The molecule has 0 aromatic carbocycles. The molecule has 1 aromatic heterocycles. The van der Waals surface area contributed by atoms with Crippen molar-refractivity contribution in [1.82, 2.24) is 4.98 Å². The molecule has 80 valence electrons. The van der Waals surface area contributed by atoms with E-state index >= 15 is 0 Å². The molecule has 1 rings (SSSR count). The third-order valence-electron chi connectivity index (χ3n) is 2.19. The van der Waals surface area contributed by atoms with Crippen LogP contribution in [0.5, 0.6) is 0 Å². The number of hydrogen-bond donors (Lipinski definition) is 1. The summed E-state index contributed by atoms with van der Waals surface area (Å²) < 4.78 is 0. The fourth-order valence-corrected chi connectivity index (χ4v) is 2.28. The number of aromatic nitrogens is 1. The quantitative estimate of drug-likeness (QED) is 0.784. The molecule has 1 heterocycles. The minimum atomic E-state index is 0.752. The van der Waals surface area contributed by atoms with Crippen LogP contribution in [-0.2, 0) is 6.42 Å². The van der Waals surface area contributed by atoms with Crippen LogP contribution < -0.4 is 10.6 Å². The third kappa shape index (κ3) is 2.96. The molecule has 0 spiro atoms. The van der Waals surface area contributed by atoms with Gasteiger partial charge in [-0.3, -0.25) is 0 Å². The lowest BCUT2D eigenvalue weighted by Crippen LogP contribution is -2.25. The van der Waals surface area contributed by atoms with Crippen LogP contribution in [0.2, 0.25) is 0 Å². The van der Waals surface area contributed by atoms with Gasteiger partial charge in [0.1, 0.15) is 0 Å². The highest BCUT2D eigenvalue weighted by Gasteiger charge is 2.07. The number of aryl methyl sites for hydroxylation is 1.